The van der Waals surface area contributed by atoms with Crippen molar-refractivity contribution in [1.82, 2.24) is 25.1 Å². The zero-order valence-corrected chi connectivity index (χ0v) is 10.6. The summed E-state index contributed by atoms with van der Waals surface area (Å²) in [7, 11) is 0. The first kappa shape index (κ1) is 11.7. The van der Waals surface area contributed by atoms with Crippen molar-refractivity contribution in [1.29, 1.82) is 0 Å². The lowest BCUT2D eigenvalue weighted by molar-refractivity contribution is 0.966. The number of hydrogen-bond acceptors (Lipinski definition) is 6. The van der Waals surface area contributed by atoms with Gasteiger partial charge in [-0.25, -0.2) is 10.1 Å². The first-order valence-electron chi connectivity index (χ1n) is 5.51. The van der Waals surface area contributed by atoms with Gasteiger partial charge in [-0.15, -0.1) is 5.10 Å². The van der Waals surface area contributed by atoms with E-state index in [1.54, 1.807) is 6.07 Å². The van der Waals surface area contributed by atoms with Crippen LogP contribution in [-0.2, 0) is 5.75 Å². The van der Waals surface area contributed by atoms with Crippen LogP contribution in [0.5, 0.6) is 0 Å². The summed E-state index contributed by atoms with van der Waals surface area (Å²) in [4.78, 5) is 22.9. The van der Waals surface area contributed by atoms with Crippen molar-refractivity contribution in [2.75, 3.05) is 5.73 Å². The van der Waals surface area contributed by atoms with Crippen molar-refractivity contribution < 1.29 is 0 Å². The molecule has 0 bridgehead atoms. The highest BCUT2D eigenvalue weighted by molar-refractivity contribution is 7.98. The van der Waals surface area contributed by atoms with Crippen molar-refractivity contribution in [2.45, 2.75) is 10.9 Å². The van der Waals surface area contributed by atoms with Gasteiger partial charge in [0.15, 0.2) is 0 Å². The number of para-hydroxylation sites is 1. The number of aromatic amines is 2. The first-order valence-corrected chi connectivity index (χ1v) is 6.49. The van der Waals surface area contributed by atoms with E-state index in [2.05, 4.69) is 25.1 Å². The molecule has 2 heterocycles. The summed E-state index contributed by atoms with van der Waals surface area (Å²) in [5.41, 5.74) is 5.96. The number of H-pyrrole nitrogens is 2. The zero-order valence-electron chi connectivity index (χ0n) is 9.75. The second-order valence-corrected chi connectivity index (χ2v) is 4.76. The summed E-state index contributed by atoms with van der Waals surface area (Å²) in [6.45, 7) is 0. The van der Waals surface area contributed by atoms with Gasteiger partial charge in [-0.1, -0.05) is 23.9 Å². The molecule has 0 saturated heterocycles. The Morgan fingerprint density at radius 2 is 2.11 bits per heavy atom. The molecule has 19 heavy (non-hydrogen) atoms. The van der Waals surface area contributed by atoms with Crippen molar-refractivity contribution >= 4 is 28.6 Å². The minimum absolute atomic E-state index is 0.143. The minimum atomic E-state index is -0.143. The van der Waals surface area contributed by atoms with Crippen molar-refractivity contribution in [3.63, 3.8) is 0 Å². The Hall–Kier alpha value is -2.35. The van der Waals surface area contributed by atoms with Gasteiger partial charge in [0.2, 0.25) is 11.1 Å². The van der Waals surface area contributed by atoms with E-state index in [9.17, 15) is 4.79 Å². The van der Waals surface area contributed by atoms with Crippen LogP contribution in [0, 0.1) is 0 Å². The fourth-order valence-electron chi connectivity index (χ4n) is 1.66. The van der Waals surface area contributed by atoms with Crippen LogP contribution >= 0.6 is 11.8 Å². The molecule has 7 nitrogen and oxygen atoms in total. The molecule has 3 aromatic rings. The number of nitrogens with one attached hydrogen (secondary N) is 2. The lowest BCUT2D eigenvalue weighted by atomic mass is 10.2. The number of rotatable bonds is 3. The molecule has 0 aliphatic carbocycles. The van der Waals surface area contributed by atoms with Gasteiger partial charge in [-0.2, -0.15) is 4.98 Å². The molecule has 2 aromatic heterocycles. The third-order valence-electron chi connectivity index (χ3n) is 2.48. The molecule has 0 atom stereocenters. The van der Waals surface area contributed by atoms with E-state index < -0.39 is 0 Å². The molecule has 0 saturated carbocycles. The molecule has 1 aromatic carbocycles. The van der Waals surface area contributed by atoms with Crippen LogP contribution in [0.1, 0.15) is 5.82 Å². The lowest BCUT2D eigenvalue weighted by Crippen LogP contribution is -2.11. The van der Waals surface area contributed by atoms with E-state index in [1.165, 1.54) is 11.8 Å². The third-order valence-corrected chi connectivity index (χ3v) is 3.34. The highest BCUT2D eigenvalue weighted by Gasteiger charge is 2.06. The summed E-state index contributed by atoms with van der Waals surface area (Å²) in [5.74, 6) is 1.32. The van der Waals surface area contributed by atoms with Gasteiger partial charge in [0.05, 0.1) is 16.7 Å². The van der Waals surface area contributed by atoms with Gasteiger partial charge < -0.3 is 10.7 Å². The molecule has 0 unspecified atom stereocenters. The van der Waals surface area contributed by atoms with Crippen LogP contribution in [0.3, 0.4) is 0 Å². The fraction of sp³-hybridized carbons (Fsp3) is 0.0909. The zero-order chi connectivity index (χ0) is 13.2. The molecule has 0 aliphatic rings. The molecule has 96 valence electrons. The number of benzene rings is 1. The fourth-order valence-corrected chi connectivity index (χ4v) is 2.33. The SMILES string of the molecule is Nc1nc(SCc2nc3ccccc3c(=O)[nH]2)n[nH]1. The Balaban J connectivity index is 1.87. The Morgan fingerprint density at radius 3 is 2.89 bits per heavy atom. The van der Waals surface area contributed by atoms with Crippen LogP contribution in [-0.4, -0.2) is 25.1 Å². The molecule has 0 spiro atoms. The van der Waals surface area contributed by atoms with Gasteiger partial charge in [-0.3, -0.25) is 4.79 Å². The maximum atomic E-state index is 11.9. The number of thioether (sulfide) groups is 1. The van der Waals surface area contributed by atoms with Crippen molar-refractivity contribution in [2.24, 2.45) is 0 Å². The van der Waals surface area contributed by atoms with E-state index in [0.29, 0.717) is 27.6 Å². The van der Waals surface area contributed by atoms with Gasteiger partial charge in [-0.05, 0) is 12.1 Å². The number of aromatic nitrogens is 5. The summed E-state index contributed by atoms with van der Waals surface area (Å²) in [6.07, 6.45) is 0. The lowest BCUT2D eigenvalue weighted by Gasteiger charge is -2.00. The van der Waals surface area contributed by atoms with E-state index >= 15 is 0 Å². The molecule has 4 N–H and O–H groups in total. The van der Waals surface area contributed by atoms with Crippen LogP contribution in [0.15, 0.2) is 34.2 Å². The molecular weight excluding hydrogens is 264 g/mol. The van der Waals surface area contributed by atoms with Gasteiger partial charge in [0, 0.05) is 0 Å². The third kappa shape index (κ3) is 2.43. The number of hydrogen-bond donors (Lipinski definition) is 3. The van der Waals surface area contributed by atoms with E-state index in [1.807, 2.05) is 18.2 Å². The predicted octanol–water partition coefficient (Wildman–Crippen LogP) is 0.916. The standard InChI is InChI=1S/C11H10N6OS/c12-10-15-11(17-16-10)19-5-8-13-7-4-2-1-3-6(7)9(18)14-8/h1-4H,5H2,(H,13,14,18)(H3,12,15,16,17). The quantitative estimate of drug-likeness (QED) is 0.612. The number of anilines is 1. The largest absolute Gasteiger partial charge is 0.368 e. The highest BCUT2D eigenvalue weighted by Crippen LogP contribution is 2.17. The number of nitrogens with two attached hydrogens (primary N) is 1. The molecule has 0 amide bonds. The van der Waals surface area contributed by atoms with Gasteiger partial charge in [0.1, 0.15) is 5.82 Å². The number of nitrogen functional groups attached to an aromatic ring is 1. The minimum Gasteiger partial charge on any atom is -0.368 e. The maximum absolute atomic E-state index is 11.9. The topological polar surface area (TPSA) is 113 Å². The second kappa shape index (κ2) is 4.73. The van der Waals surface area contributed by atoms with E-state index in [4.69, 9.17) is 5.73 Å². The van der Waals surface area contributed by atoms with Crippen LogP contribution in [0.2, 0.25) is 0 Å². The Labute approximate surface area is 111 Å². The summed E-state index contributed by atoms with van der Waals surface area (Å²) >= 11 is 1.35. The van der Waals surface area contributed by atoms with Crippen LogP contribution in [0.25, 0.3) is 10.9 Å². The molecule has 8 heteroatoms. The second-order valence-electron chi connectivity index (χ2n) is 3.82. The normalized spacial score (nSPS) is 10.9. The monoisotopic (exact) mass is 274 g/mol. The summed E-state index contributed by atoms with van der Waals surface area (Å²) in [6, 6.07) is 7.21. The Morgan fingerprint density at radius 1 is 1.26 bits per heavy atom. The summed E-state index contributed by atoms with van der Waals surface area (Å²) in [5, 5.41) is 7.55. The van der Waals surface area contributed by atoms with Crippen molar-refractivity contribution in [3.05, 3.63) is 40.4 Å². The molecule has 3 rings (SSSR count). The van der Waals surface area contributed by atoms with E-state index in [-0.39, 0.29) is 11.5 Å². The number of nitrogens with zero attached hydrogens (tertiary/aromatic N) is 3. The average Bonchev–Trinajstić information content (AvgIpc) is 2.82. The van der Waals surface area contributed by atoms with E-state index in [0.717, 1.165) is 0 Å². The Kier molecular flexibility index (Phi) is 2.92. The summed E-state index contributed by atoms with van der Waals surface area (Å²) < 4.78 is 0. The predicted molar refractivity (Wildman–Crippen MR) is 72.7 cm³/mol. The molecular formula is C11H10N6OS. The maximum Gasteiger partial charge on any atom is 0.258 e. The average molecular weight is 274 g/mol. The van der Waals surface area contributed by atoms with Gasteiger partial charge >= 0.3 is 0 Å². The number of fused-ring (bicyclic) bond motifs is 1. The van der Waals surface area contributed by atoms with Crippen LogP contribution in [0.4, 0.5) is 5.95 Å². The van der Waals surface area contributed by atoms with Gasteiger partial charge in [0.25, 0.3) is 5.56 Å². The molecule has 0 radical (unpaired) electrons. The van der Waals surface area contributed by atoms with Crippen molar-refractivity contribution in [3.8, 4) is 0 Å². The smallest absolute Gasteiger partial charge is 0.258 e. The molecule has 0 fully saturated rings. The molecule has 0 aliphatic heterocycles. The van der Waals surface area contributed by atoms with Crippen LogP contribution < -0.4 is 11.3 Å². The Bertz CT molecular complexity index is 780. The highest BCUT2D eigenvalue weighted by atomic mass is 32.2. The first-order chi connectivity index (χ1) is 9.22.